The highest BCUT2D eigenvalue weighted by Crippen LogP contribution is 2.34. The quantitative estimate of drug-likeness (QED) is 0.536. The van der Waals surface area contributed by atoms with Gasteiger partial charge in [-0.25, -0.2) is 4.79 Å². The van der Waals surface area contributed by atoms with Crippen molar-refractivity contribution < 1.29 is 19.1 Å². The summed E-state index contributed by atoms with van der Waals surface area (Å²) in [7, 11) is 0. The average molecular weight is 416 g/mol. The van der Waals surface area contributed by atoms with E-state index in [2.05, 4.69) is 5.32 Å². The molecule has 0 bridgehead atoms. The molecule has 0 aliphatic carbocycles. The van der Waals surface area contributed by atoms with E-state index in [1.165, 1.54) is 18.2 Å². The molecule has 0 fully saturated rings. The number of benzene rings is 2. The first-order valence-electron chi connectivity index (χ1n) is 8.26. The molecule has 1 aromatic heterocycles. The maximum atomic E-state index is 12.0. The molecule has 1 amide bonds. The number of hydrogen-bond donors (Lipinski definition) is 2. The summed E-state index contributed by atoms with van der Waals surface area (Å²) >= 11 is 12.2. The van der Waals surface area contributed by atoms with Crippen molar-refractivity contribution in [2.75, 3.05) is 0 Å². The number of halogens is 2. The lowest BCUT2D eigenvalue weighted by Gasteiger charge is -2.03. The molecule has 1 heterocycles. The van der Waals surface area contributed by atoms with Crippen LogP contribution in [0.5, 0.6) is 0 Å². The summed E-state index contributed by atoms with van der Waals surface area (Å²) in [6.45, 7) is 0.282. The van der Waals surface area contributed by atoms with Gasteiger partial charge < -0.3 is 14.8 Å². The van der Waals surface area contributed by atoms with Gasteiger partial charge in [0.1, 0.15) is 11.5 Å². The number of carbonyl (C=O) groups is 2. The fourth-order valence-electron chi connectivity index (χ4n) is 2.45. The van der Waals surface area contributed by atoms with Gasteiger partial charge in [-0.1, -0.05) is 41.4 Å². The van der Waals surface area contributed by atoms with E-state index in [0.717, 1.165) is 5.56 Å². The zero-order chi connectivity index (χ0) is 20.1. The lowest BCUT2D eigenvalue weighted by molar-refractivity contribution is -0.116. The number of aromatic carboxylic acids is 1. The van der Waals surface area contributed by atoms with Crippen molar-refractivity contribution in [1.29, 1.82) is 0 Å². The Hall–Kier alpha value is -3.02. The highest BCUT2D eigenvalue weighted by Gasteiger charge is 2.10. The summed E-state index contributed by atoms with van der Waals surface area (Å²) in [5.74, 6) is -0.255. The molecule has 3 rings (SSSR count). The lowest BCUT2D eigenvalue weighted by Crippen LogP contribution is -2.20. The highest BCUT2D eigenvalue weighted by atomic mass is 35.5. The van der Waals surface area contributed by atoms with E-state index in [1.807, 2.05) is 0 Å². The average Bonchev–Trinajstić information content (AvgIpc) is 3.16. The first kappa shape index (κ1) is 19.7. The molecule has 2 aromatic carbocycles. The Morgan fingerprint density at radius 1 is 1.04 bits per heavy atom. The van der Waals surface area contributed by atoms with E-state index in [1.54, 1.807) is 48.5 Å². The molecule has 0 unspecified atom stereocenters. The van der Waals surface area contributed by atoms with Crippen LogP contribution in [0.2, 0.25) is 10.0 Å². The van der Waals surface area contributed by atoms with Crippen LogP contribution in [-0.2, 0) is 11.3 Å². The molecule has 0 saturated carbocycles. The molecule has 142 valence electrons. The van der Waals surface area contributed by atoms with Gasteiger partial charge in [-0.3, -0.25) is 4.79 Å². The van der Waals surface area contributed by atoms with Crippen molar-refractivity contribution in [3.05, 3.63) is 87.6 Å². The second-order valence-corrected chi connectivity index (χ2v) is 6.64. The molecule has 0 saturated heterocycles. The van der Waals surface area contributed by atoms with Gasteiger partial charge in [0.15, 0.2) is 0 Å². The first-order valence-corrected chi connectivity index (χ1v) is 9.02. The number of carbonyl (C=O) groups excluding carboxylic acids is 1. The van der Waals surface area contributed by atoms with Crippen LogP contribution in [0.1, 0.15) is 21.7 Å². The number of furan rings is 1. The molecule has 28 heavy (non-hydrogen) atoms. The SMILES string of the molecule is O=C(/C=C/c1ccc(-c2cccc(Cl)c2Cl)o1)NCc1ccc(C(=O)O)cc1. The van der Waals surface area contributed by atoms with Crippen LogP contribution >= 0.6 is 23.2 Å². The van der Waals surface area contributed by atoms with Gasteiger partial charge in [-0.2, -0.15) is 0 Å². The summed E-state index contributed by atoms with van der Waals surface area (Å²) in [5, 5.41) is 12.4. The molecule has 0 aliphatic heterocycles. The van der Waals surface area contributed by atoms with Gasteiger partial charge in [-0.05, 0) is 48.0 Å². The number of rotatable bonds is 6. The first-order chi connectivity index (χ1) is 13.4. The van der Waals surface area contributed by atoms with E-state index in [0.29, 0.717) is 27.1 Å². The Balaban J connectivity index is 1.59. The Labute approximate surface area is 171 Å². The van der Waals surface area contributed by atoms with Gasteiger partial charge in [-0.15, -0.1) is 0 Å². The maximum Gasteiger partial charge on any atom is 0.335 e. The van der Waals surface area contributed by atoms with Crippen molar-refractivity contribution in [2.45, 2.75) is 6.54 Å². The van der Waals surface area contributed by atoms with Crippen LogP contribution in [0, 0.1) is 0 Å². The molecule has 0 spiro atoms. The Kier molecular flexibility index (Phi) is 6.19. The van der Waals surface area contributed by atoms with E-state index < -0.39 is 5.97 Å². The van der Waals surface area contributed by atoms with Crippen LogP contribution < -0.4 is 5.32 Å². The Bertz CT molecular complexity index is 1040. The zero-order valence-electron chi connectivity index (χ0n) is 14.5. The molecular weight excluding hydrogens is 401 g/mol. The predicted octanol–water partition coefficient (Wildman–Crippen LogP) is 5.28. The molecule has 0 aliphatic rings. The van der Waals surface area contributed by atoms with Gasteiger partial charge in [0, 0.05) is 18.2 Å². The fourth-order valence-corrected chi connectivity index (χ4v) is 2.85. The maximum absolute atomic E-state index is 12.0. The lowest BCUT2D eigenvalue weighted by atomic mass is 10.1. The van der Waals surface area contributed by atoms with Gasteiger partial charge in [0.05, 0.1) is 15.6 Å². The second-order valence-electron chi connectivity index (χ2n) is 5.86. The minimum Gasteiger partial charge on any atom is -0.478 e. The molecule has 3 aromatic rings. The van der Waals surface area contributed by atoms with Gasteiger partial charge in [0.25, 0.3) is 0 Å². The van der Waals surface area contributed by atoms with E-state index in [9.17, 15) is 9.59 Å². The number of amides is 1. The summed E-state index contributed by atoms with van der Waals surface area (Å²) in [5.41, 5.74) is 1.66. The predicted molar refractivity (Wildman–Crippen MR) is 108 cm³/mol. The number of nitrogens with one attached hydrogen (secondary N) is 1. The normalized spacial score (nSPS) is 10.9. The van der Waals surface area contributed by atoms with Gasteiger partial charge >= 0.3 is 5.97 Å². The second kappa shape index (κ2) is 8.78. The molecule has 7 heteroatoms. The van der Waals surface area contributed by atoms with Crippen LogP contribution in [0.4, 0.5) is 0 Å². The van der Waals surface area contributed by atoms with E-state index in [4.69, 9.17) is 32.7 Å². The van der Waals surface area contributed by atoms with Crippen molar-refractivity contribution >= 4 is 41.2 Å². The third kappa shape index (κ3) is 4.82. The highest BCUT2D eigenvalue weighted by molar-refractivity contribution is 6.43. The minimum atomic E-state index is -0.990. The molecule has 0 radical (unpaired) electrons. The summed E-state index contributed by atoms with van der Waals surface area (Å²) in [4.78, 5) is 22.8. The third-order valence-corrected chi connectivity index (χ3v) is 4.73. The molecule has 5 nitrogen and oxygen atoms in total. The standard InChI is InChI=1S/C21H15Cl2NO4/c22-17-3-1-2-16(20(17)23)18-10-8-15(28-18)9-11-19(25)24-12-13-4-6-14(7-5-13)21(26)27/h1-11H,12H2,(H,24,25)(H,26,27)/b11-9+. The minimum absolute atomic E-state index is 0.198. The van der Waals surface area contributed by atoms with E-state index >= 15 is 0 Å². The van der Waals surface area contributed by atoms with Crippen molar-refractivity contribution in [1.82, 2.24) is 5.32 Å². The van der Waals surface area contributed by atoms with Crippen molar-refractivity contribution in [2.24, 2.45) is 0 Å². The smallest absolute Gasteiger partial charge is 0.335 e. The van der Waals surface area contributed by atoms with Gasteiger partial charge in [0.2, 0.25) is 5.91 Å². The largest absolute Gasteiger partial charge is 0.478 e. The van der Waals surface area contributed by atoms with Crippen molar-refractivity contribution in [3.63, 3.8) is 0 Å². The van der Waals surface area contributed by atoms with Crippen LogP contribution in [0.15, 0.2) is 65.1 Å². The third-order valence-electron chi connectivity index (χ3n) is 3.91. The van der Waals surface area contributed by atoms with E-state index in [-0.39, 0.29) is 18.0 Å². The van der Waals surface area contributed by atoms with Crippen molar-refractivity contribution in [3.8, 4) is 11.3 Å². The van der Waals surface area contributed by atoms with Crippen LogP contribution in [0.25, 0.3) is 17.4 Å². The Morgan fingerprint density at radius 3 is 2.50 bits per heavy atom. The number of carboxylic acids is 1. The topological polar surface area (TPSA) is 79.5 Å². The number of hydrogen-bond acceptors (Lipinski definition) is 3. The monoisotopic (exact) mass is 415 g/mol. The fraction of sp³-hybridized carbons (Fsp3) is 0.0476. The summed E-state index contributed by atoms with van der Waals surface area (Å²) in [6.07, 6.45) is 2.90. The van der Waals surface area contributed by atoms with Crippen LogP contribution in [-0.4, -0.2) is 17.0 Å². The zero-order valence-corrected chi connectivity index (χ0v) is 16.0. The van der Waals surface area contributed by atoms with Crippen LogP contribution in [0.3, 0.4) is 0 Å². The summed E-state index contributed by atoms with van der Waals surface area (Å²) < 4.78 is 5.69. The summed E-state index contributed by atoms with van der Waals surface area (Å²) in [6, 6.07) is 15.0. The molecule has 0 atom stereocenters. The molecular formula is C21H15Cl2NO4. The molecule has 2 N–H and O–H groups in total. The Morgan fingerprint density at radius 2 is 1.79 bits per heavy atom. The number of carboxylic acid groups (broad SMARTS) is 1.